The molecule has 8 heteroatoms. The third kappa shape index (κ3) is 3.38. The van der Waals surface area contributed by atoms with E-state index >= 15 is 0 Å². The van der Waals surface area contributed by atoms with Gasteiger partial charge in [0, 0.05) is 40.5 Å². The van der Waals surface area contributed by atoms with Crippen LogP contribution < -0.4 is 5.32 Å². The van der Waals surface area contributed by atoms with Gasteiger partial charge in [0.15, 0.2) is 5.13 Å². The molecule has 0 fully saturated rings. The van der Waals surface area contributed by atoms with E-state index in [9.17, 15) is 14.4 Å². The molecule has 0 bridgehead atoms. The summed E-state index contributed by atoms with van der Waals surface area (Å²) in [5, 5.41) is 6.25. The fourth-order valence-corrected chi connectivity index (χ4v) is 4.77. The summed E-state index contributed by atoms with van der Waals surface area (Å²) in [6.45, 7) is 3.89. The first kappa shape index (κ1) is 20.1. The Kier molecular flexibility index (Phi) is 4.86. The summed E-state index contributed by atoms with van der Waals surface area (Å²) in [6.07, 6.45) is 0.00543. The van der Waals surface area contributed by atoms with Crippen molar-refractivity contribution in [2.45, 2.75) is 20.3 Å². The first-order valence-corrected chi connectivity index (χ1v) is 11.1. The Hall–Kier alpha value is -3.78. The molecule has 2 N–H and O–H groups in total. The highest BCUT2D eigenvalue weighted by atomic mass is 32.1. The molecule has 7 nitrogen and oxygen atoms in total. The molecule has 0 radical (unpaired) electrons. The lowest BCUT2D eigenvalue weighted by Crippen LogP contribution is -2.32. The lowest BCUT2D eigenvalue weighted by molar-refractivity contribution is -0.116. The summed E-state index contributed by atoms with van der Waals surface area (Å²) in [5.74, 6) is -1.01. The molecule has 0 saturated carbocycles. The van der Waals surface area contributed by atoms with E-state index in [4.69, 9.17) is 0 Å². The van der Waals surface area contributed by atoms with Crippen LogP contribution in [0, 0.1) is 13.8 Å². The number of anilines is 1. The van der Waals surface area contributed by atoms with Crippen LogP contribution in [0.25, 0.3) is 22.2 Å². The van der Waals surface area contributed by atoms with Gasteiger partial charge in [-0.1, -0.05) is 29.8 Å². The topological polar surface area (TPSA) is 95.2 Å². The Morgan fingerprint density at radius 3 is 2.72 bits per heavy atom. The largest absolute Gasteiger partial charge is 0.358 e. The Bertz CT molecular complexity index is 1400. The zero-order valence-corrected chi connectivity index (χ0v) is 18.4. The van der Waals surface area contributed by atoms with Crippen molar-refractivity contribution >= 4 is 45.1 Å². The van der Waals surface area contributed by atoms with Crippen molar-refractivity contribution in [1.82, 2.24) is 14.9 Å². The van der Waals surface area contributed by atoms with Crippen molar-refractivity contribution in [3.8, 4) is 11.3 Å². The maximum atomic E-state index is 12.6. The van der Waals surface area contributed by atoms with Crippen molar-refractivity contribution in [2.24, 2.45) is 0 Å². The number of benzene rings is 2. The number of nitrogens with zero attached hydrogens (tertiary/aromatic N) is 2. The van der Waals surface area contributed by atoms with Gasteiger partial charge in [-0.05, 0) is 32.0 Å². The summed E-state index contributed by atoms with van der Waals surface area (Å²) in [4.78, 5) is 46.6. The number of aromatic nitrogens is 2. The number of aryl methyl sites for hydroxylation is 2. The van der Waals surface area contributed by atoms with Crippen molar-refractivity contribution in [3.63, 3.8) is 0 Å². The van der Waals surface area contributed by atoms with Crippen LogP contribution in [0.4, 0.5) is 5.13 Å². The number of imide groups is 1. The molecule has 4 aromatic rings. The number of para-hydroxylation sites is 1. The number of hydrogen-bond donors (Lipinski definition) is 2. The van der Waals surface area contributed by atoms with Crippen LogP contribution >= 0.6 is 11.3 Å². The predicted octanol–water partition coefficient (Wildman–Crippen LogP) is 4.53. The van der Waals surface area contributed by atoms with E-state index in [-0.39, 0.29) is 30.7 Å². The van der Waals surface area contributed by atoms with Gasteiger partial charge in [-0.2, -0.15) is 0 Å². The smallest absolute Gasteiger partial charge is 0.261 e. The van der Waals surface area contributed by atoms with E-state index in [1.165, 1.54) is 11.3 Å². The molecule has 5 rings (SSSR count). The van der Waals surface area contributed by atoms with Crippen LogP contribution in [0.3, 0.4) is 0 Å². The number of fused-ring (bicyclic) bond motifs is 2. The summed E-state index contributed by atoms with van der Waals surface area (Å²) in [6, 6.07) is 13.2. The number of thiazole rings is 1. The van der Waals surface area contributed by atoms with Gasteiger partial charge < -0.3 is 10.3 Å². The molecule has 32 heavy (non-hydrogen) atoms. The molecular formula is C24H20N4O3S. The van der Waals surface area contributed by atoms with Gasteiger partial charge in [0.2, 0.25) is 5.91 Å². The molecule has 1 aliphatic heterocycles. The standard InChI is InChI=1S/C24H20N4O3S/c1-13-7-8-15-17(11-13)23(31)28(22(15)30)10-9-20(29)27-24-26-19(12-32-24)21-14(2)25-18-6-4-3-5-16(18)21/h3-8,11-12,25H,9-10H2,1-2H3,(H,26,27,29). The lowest BCUT2D eigenvalue weighted by Gasteiger charge is -2.12. The minimum absolute atomic E-state index is 0.00543. The molecule has 0 aliphatic carbocycles. The number of amides is 3. The molecule has 160 valence electrons. The molecule has 0 unspecified atom stereocenters. The molecular weight excluding hydrogens is 424 g/mol. The maximum Gasteiger partial charge on any atom is 0.261 e. The van der Waals surface area contributed by atoms with Crippen LogP contribution in [-0.2, 0) is 4.79 Å². The second-order valence-corrected chi connectivity index (χ2v) is 8.68. The third-order valence-electron chi connectivity index (χ3n) is 5.59. The van der Waals surface area contributed by atoms with Gasteiger partial charge in [0.05, 0.1) is 16.8 Å². The summed E-state index contributed by atoms with van der Waals surface area (Å²) >= 11 is 1.34. The van der Waals surface area contributed by atoms with Crippen LogP contribution in [0.1, 0.15) is 38.4 Å². The highest BCUT2D eigenvalue weighted by Gasteiger charge is 2.35. The van der Waals surface area contributed by atoms with Gasteiger partial charge in [0.25, 0.3) is 11.8 Å². The average molecular weight is 445 g/mol. The van der Waals surface area contributed by atoms with Crippen LogP contribution in [-0.4, -0.2) is 39.1 Å². The van der Waals surface area contributed by atoms with E-state index in [0.717, 1.165) is 38.3 Å². The highest BCUT2D eigenvalue weighted by molar-refractivity contribution is 7.14. The highest BCUT2D eigenvalue weighted by Crippen LogP contribution is 2.34. The number of carbonyl (C=O) groups excluding carboxylic acids is 3. The van der Waals surface area contributed by atoms with Gasteiger partial charge >= 0.3 is 0 Å². The van der Waals surface area contributed by atoms with Gasteiger partial charge in [-0.25, -0.2) is 4.98 Å². The summed E-state index contributed by atoms with van der Waals surface area (Å²) < 4.78 is 0. The van der Waals surface area contributed by atoms with E-state index in [2.05, 4.69) is 15.3 Å². The van der Waals surface area contributed by atoms with E-state index in [0.29, 0.717) is 16.3 Å². The minimum Gasteiger partial charge on any atom is -0.358 e. The molecule has 1 aliphatic rings. The number of aromatic amines is 1. The lowest BCUT2D eigenvalue weighted by atomic mass is 10.1. The van der Waals surface area contributed by atoms with Gasteiger partial charge in [0.1, 0.15) is 0 Å². The zero-order chi connectivity index (χ0) is 22.4. The average Bonchev–Trinajstić information content (AvgIpc) is 3.41. The Balaban J connectivity index is 1.26. The maximum absolute atomic E-state index is 12.6. The van der Waals surface area contributed by atoms with Crippen molar-refractivity contribution < 1.29 is 14.4 Å². The summed E-state index contributed by atoms with van der Waals surface area (Å²) in [7, 11) is 0. The van der Waals surface area contributed by atoms with Crippen LogP contribution in [0.15, 0.2) is 47.8 Å². The SMILES string of the molecule is Cc1ccc2c(c1)C(=O)N(CCC(=O)Nc1nc(-c3c(C)[nH]c4ccccc34)cs1)C2=O. The van der Waals surface area contributed by atoms with Crippen LogP contribution in [0.2, 0.25) is 0 Å². The normalized spacial score (nSPS) is 13.1. The predicted molar refractivity (Wildman–Crippen MR) is 124 cm³/mol. The minimum atomic E-state index is -0.357. The molecule has 0 saturated heterocycles. The number of H-pyrrole nitrogens is 1. The van der Waals surface area contributed by atoms with E-state index in [1.807, 2.05) is 43.5 Å². The zero-order valence-electron chi connectivity index (χ0n) is 17.6. The summed E-state index contributed by atoms with van der Waals surface area (Å²) in [5.41, 5.74) is 5.54. The number of carbonyl (C=O) groups is 3. The molecule has 0 atom stereocenters. The van der Waals surface area contributed by atoms with Crippen molar-refractivity contribution in [2.75, 3.05) is 11.9 Å². The third-order valence-corrected chi connectivity index (χ3v) is 6.35. The number of nitrogens with one attached hydrogen (secondary N) is 2. The fraction of sp³-hybridized carbons (Fsp3) is 0.167. The quantitative estimate of drug-likeness (QED) is 0.442. The first-order valence-electron chi connectivity index (χ1n) is 10.2. The van der Waals surface area contributed by atoms with E-state index < -0.39 is 0 Å². The Morgan fingerprint density at radius 2 is 1.88 bits per heavy atom. The number of rotatable bonds is 5. The molecule has 3 amide bonds. The molecule has 2 aromatic carbocycles. The molecule has 3 heterocycles. The molecule has 0 spiro atoms. The van der Waals surface area contributed by atoms with Crippen molar-refractivity contribution in [1.29, 1.82) is 0 Å². The van der Waals surface area contributed by atoms with Gasteiger partial charge in [-0.15, -0.1) is 11.3 Å². The first-order chi connectivity index (χ1) is 15.4. The number of hydrogen-bond acceptors (Lipinski definition) is 5. The Labute approximate surface area is 188 Å². The van der Waals surface area contributed by atoms with Crippen molar-refractivity contribution in [3.05, 3.63) is 70.2 Å². The monoisotopic (exact) mass is 444 g/mol. The van der Waals surface area contributed by atoms with Crippen LogP contribution in [0.5, 0.6) is 0 Å². The second kappa shape index (κ2) is 7.72. The Morgan fingerprint density at radius 1 is 1.09 bits per heavy atom. The second-order valence-electron chi connectivity index (χ2n) is 7.82. The van der Waals surface area contributed by atoms with Gasteiger partial charge in [-0.3, -0.25) is 19.3 Å². The fourth-order valence-electron chi connectivity index (χ4n) is 4.06. The molecule has 2 aromatic heterocycles. The van der Waals surface area contributed by atoms with E-state index in [1.54, 1.807) is 18.2 Å².